The zero-order valence-corrected chi connectivity index (χ0v) is 7.61. The molecule has 0 unspecified atom stereocenters. The predicted octanol–water partition coefficient (Wildman–Crippen LogP) is 0.207. The molecule has 0 amide bonds. The van der Waals surface area contributed by atoms with Gasteiger partial charge in [-0.2, -0.15) is 25.3 Å². The van der Waals surface area contributed by atoms with Crippen LogP contribution in [-0.2, 0) is 0 Å². The number of aliphatic hydroxyl groups is 2. The molecule has 0 spiro atoms. The van der Waals surface area contributed by atoms with E-state index in [1.165, 1.54) is 0 Å². The van der Waals surface area contributed by atoms with Crippen molar-refractivity contribution in [2.24, 2.45) is 5.41 Å². The second kappa shape index (κ2) is 5.29. The zero-order valence-electron chi connectivity index (χ0n) is 5.82. The SMILES string of the molecule is OCCC(CO)(CS)CS. The molecule has 4 heteroatoms. The maximum absolute atomic E-state index is 8.90. The van der Waals surface area contributed by atoms with Gasteiger partial charge in [0.25, 0.3) is 0 Å². The molecule has 0 aliphatic heterocycles. The Kier molecular flexibility index (Phi) is 5.62. The number of hydrogen-bond donors (Lipinski definition) is 4. The summed E-state index contributed by atoms with van der Waals surface area (Å²) in [4.78, 5) is 0. The molecular weight excluding hydrogens is 168 g/mol. The first-order valence-electron chi connectivity index (χ1n) is 3.18. The van der Waals surface area contributed by atoms with Crippen molar-refractivity contribution in [3.8, 4) is 0 Å². The fourth-order valence-electron chi connectivity index (χ4n) is 0.624. The maximum atomic E-state index is 8.90. The van der Waals surface area contributed by atoms with Crippen molar-refractivity contribution in [2.45, 2.75) is 6.42 Å². The fraction of sp³-hybridized carbons (Fsp3) is 1.00. The number of hydrogen-bond acceptors (Lipinski definition) is 4. The first kappa shape index (κ1) is 10.6. The molecule has 0 atom stereocenters. The van der Waals surface area contributed by atoms with Crippen LogP contribution in [0.15, 0.2) is 0 Å². The highest BCUT2D eigenvalue weighted by atomic mass is 32.1. The molecule has 0 fully saturated rings. The predicted molar refractivity (Wildman–Crippen MR) is 48.9 cm³/mol. The first-order chi connectivity index (χ1) is 4.74. The van der Waals surface area contributed by atoms with Crippen molar-refractivity contribution in [3.05, 3.63) is 0 Å². The lowest BCUT2D eigenvalue weighted by molar-refractivity contribution is 0.130. The van der Waals surface area contributed by atoms with Gasteiger partial charge in [0.05, 0.1) is 6.61 Å². The lowest BCUT2D eigenvalue weighted by Gasteiger charge is -2.26. The van der Waals surface area contributed by atoms with Crippen molar-refractivity contribution in [3.63, 3.8) is 0 Å². The molecule has 2 nitrogen and oxygen atoms in total. The monoisotopic (exact) mass is 182 g/mol. The quantitative estimate of drug-likeness (QED) is 0.459. The maximum Gasteiger partial charge on any atom is 0.0503 e. The van der Waals surface area contributed by atoms with Crippen molar-refractivity contribution in [1.82, 2.24) is 0 Å². The van der Waals surface area contributed by atoms with Crippen LogP contribution in [0.4, 0.5) is 0 Å². The molecule has 0 saturated carbocycles. The summed E-state index contributed by atoms with van der Waals surface area (Å²) in [6, 6.07) is 0. The Morgan fingerprint density at radius 2 is 1.60 bits per heavy atom. The lowest BCUT2D eigenvalue weighted by Crippen LogP contribution is -2.30. The summed E-state index contributed by atoms with van der Waals surface area (Å²) in [6.07, 6.45) is 0.566. The highest BCUT2D eigenvalue weighted by molar-refractivity contribution is 7.81. The van der Waals surface area contributed by atoms with E-state index < -0.39 is 0 Å². The molecule has 10 heavy (non-hydrogen) atoms. The van der Waals surface area contributed by atoms with Gasteiger partial charge in [-0.25, -0.2) is 0 Å². The first-order valence-corrected chi connectivity index (χ1v) is 4.44. The summed E-state index contributed by atoms with van der Waals surface area (Å²) in [5.74, 6) is 1.13. The van der Waals surface area contributed by atoms with E-state index in [-0.39, 0.29) is 18.6 Å². The van der Waals surface area contributed by atoms with E-state index in [9.17, 15) is 0 Å². The Bertz CT molecular complexity index is 75.6. The lowest BCUT2D eigenvalue weighted by atomic mass is 9.90. The van der Waals surface area contributed by atoms with E-state index in [1.807, 2.05) is 0 Å². The van der Waals surface area contributed by atoms with E-state index in [1.54, 1.807) is 0 Å². The van der Waals surface area contributed by atoms with Crippen LogP contribution >= 0.6 is 25.3 Å². The van der Waals surface area contributed by atoms with Crippen molar-refractivity contribution < 1.29 is 10.2 Å². The average Bonchev–Trinajstić information content (AvgIpc) is 2.01. The molecule has 0 rings (SSSR count). The van der Waals surface area contributed by atoms with Crippen LogP contribution in [0.1, 0.15) is 6.42 Å². The summed E-state index contributed by atoms with van der Waals surface area (Å²) in [5, 5.41) is 17.5. The van der Waals surface area contributed by atoms with Gasteiger partial charge in [-0.3, -0.25) is 0 Å². The largest absolute Gasteiger partial charge is 0.396 e. The van der Waals surface area contributed by atoms with E-state index in [0.29, 0.717) is 17.9 Å². The van der Waals surface area contributed by atoms with Gasteiger partial charge in [0.2, 0.25) is 0 Å². The number of rotatable bonds is 5. The Balaban J connectivity index is 3.87. The second-order valence-corrected chi connectivity index (χ2v) is 3.08. The topological polar surface area (TPSA) is 40.5 Å². The molecule has 0 aliphatic rings. The molecule has 0 aromatic carbocycles. The highest BCUT2D eigenvalue weighted by Crippen LogP contribution is 2.23. The summed E-state index contributed by atoms with van der Waals surface area (Å²) in [6.45, 7) is 0.127. The third-order valence-electron chi connectivity index (χ3n) is 1.65. The van der Waals surface area contributed by atoms with E-state index in [2.05, 4.69) is 25.3 Å². The van der Waals surface area contributed by atoms with Crippen LogP contribution in [0.3, 0.4) is 0 Å². The van der Waals surface area contributed by atoms with Crippen molar-refractivity contribution >= 4 is 25.3 Å². The van der Waals surface area contributed by atoms with E-state index in [0.717, 1.165) is 0 Å². The van der Waals surface area contributed by atoms with Crippen molar-refractivity contribution in [1.29, 1.82) is 0 Å². The average molecular weight is 182 g/mol. The standard InChI is InChI=1S/C6H14O2S2/c7-2-1-6(3-8,4-9)5-10/h7-10H,1-5H2. The van der Waals surface area contributed by atoms with Gasteiger partial charge in [-0.05, 0) is 17.9 Å². The van der Waals surface area contributed by atoms with Gasteiger partial charge in [0.1, 0.15) is 0 Å². The minimum atomic E-state index is -0.291. The summed E-state index contributed by atoms with van der Waals surface area (Å²) >= 11 is 8.15. The van der Waals surface area contributed by atoms with Crippen LogP contribution in [0.2, 0.25) is 0 Å². The summed E-state index contributed by atoms with van der Waals surface area (Å²) in [7, 11) is 0. The normalized spacial score (nSPS) is 12.0. The minimum Gasteiger partial charge on any atom is -0.396 e. The van der Waals surface area contributed by atoms with Crippen molar-refractivity contribution in [2.75, 3.05) is 24.7 Å². The molecule has 0 heterocycles. The molecule has 62 valence electrons. The van der Waals surface area contributed by atoms with Gasteiger partial charge in [0.15, 0.2) is 0 Å². The van der Waals surface area contributed by atoms with Gasteiger partial charge >= 0.3 is 0 Å². The molecule has 0 aliphatic carbocycles. The summed E-state index contributed by atoms with van der Waals surface area (Å²) < 4.78 is 0. The molecule has 0 saturated heterocycles. The Hall–Kier alpha value is 0.620. The second-order valence-electron chi connectivity index (χ2n) is 2.45. The van der Waals surface area contributed by atoms with Gasteiger partial charge in [0, 0.05) is 12.0 Å². The zero-order chi connectivity index (χ0) is 8.04. The van der Waals surface area contributed by atoms with E-state index >= 15 is 0 Å². The number of aliphatic hydroxyl groups excluding tert-OH is 2. The Morgan fingerprint density at radius 3 is 1.70 bits per heavy atom. The van der Waals surface area contributed by atoms with Crippen LogP contribution in [0.25, 0.3) is 0 Å². The molecule has 0 bridgehead atoms. The third-order valence-corrected chi connectivity index (χ3v) is 2.99. The third kappa shape index (κ3) is 2.70. The summed E-state index contributed by atoms with van der Waals surface area (Å²) in [5.41, 5.74) is -0.291. The molecule has 0 aromatic rings. The molecule has 2 N–H and O–H groups in total. The Labute approximate surface area is 72.5 Å². The van der Waals surface area contributed by atoms with E-state index in [4.69, 9.17) is 10.2 Å². The highest BCUT2D eigenvalue weighted by Gasteiger charge is 2.25. The molecule has 0 radical (unpaired) electrons. The molecule has 0 aromatic heterocycles. The minimum absolute atomic E-state index is 0.0422. The van der Waals surface area contributed by atoms with Crippen LogP contribution < -0.4 is 0 Å². The smallest absolute Gasteiger partial charge is 0.0503 e. The molecular formula is C6H14O2S2. The van der Waals surface area contributed by atoms with Gasteiger partial charge < -0.3 is 10.2 Å². The van der Waals surface area contributed by atoms with Crippen LogP contribution in [0.5, 0.6) is 0 Å². The Morgan fingerprint density at radius 1 is 1.10 bits per heavy atom. The fourth-order valence-corrected chi connectivity index (χ4v) is 1.54. The van der Waals surface area contributed by atoms with Crippen LogP contribution in [-0.4, -0.2) is 34.9 Å². The van der Waals surface area contributed by atoms with Gasteiger partial charge in [-0.15, -0.1) is 0 Å². The van der Waals surface area contributed by atoms with Gasteiger partial charge in [-0.1, -0.05) is 0 Å². The van der Waals surface area contributed by atoms with Crippen LogP contribution in [0, 0.1) is 5.41 Å². The number of thiol groups is 2.